The number of hydrogen-bond acceptors (Lipinski definition) is 3. The molecule has 0 aromatic heterocycles. The van der Waals surface area contributed by atoms with E-state index in [0.717, 1.165) is 31.5 Å². The molecule has 0 heterocycles. The molecule has 2 fully saturated rings. The van der Waals surface area contributed by atoms with Crippen LogP contribution in [0.5, 0.6) is 0 Å². The summed E-state index contributed by atoms with van der Waals surface area (Å²) >= 11 is 0. The van der Waals surface area contributed by atoms with Crippen molar-refractivity contribution in [3.8, 4) is 0 Å². The van der Waals surface area contributed by atoms with Crippen molar-refractivity contribution < 1.29 is 14.3 Å². The highest BCUT2D eigenvalue weighted by Gasteiger charge is 2.63. The van der Waals surface area contributed by atoms with Crippen molar-refractivity contribution in [2.75, 3.05) is 0 Å². The Balaban J connectivity index is 1.68. The molecule has 3 heteroatoms. The third kappa shape index (κ3) is 3.27. The molecule has 0 aromatic rings. The van der Waals surface area contributed by atoms with Gasteiger partial charge in [0.1, 0.15) is 12.4 Å². The van der Waals surface area contributed by atoms with E-state index in [-0.39, 0.29) is 22.9 Å². The number of allylic oxidation sites excluding steroid dienone is 2. The second-order valence-electron chi connectivity index (χ2n) is 13.0. The Morgan fingerprint density at radius 3 is 2.41 bits per heavy atom. The number of esters is 1. The molecule has 4 aliphatic rings. The molecule has 0 bridgehead atoms. The predicted octanol–water partition coefficient (Wildman–Crippen LogP) is 7.28. The number of rotatable bonds is 5. The third-order valence-electron chi connectivity index (χ3n) is 11.5. The lowest BCUT2D eigenvalue weighted by atomic mass is 9.43. The standard InChI is InChI=1S/C29H46O3/c1-19(9-8-18-30)21-12-16-29(7)23-10-11-24-26(3,4)25(32-20(2)31)14-15-27(24,5)22(23)13-17-28(21,29)6/h18-19,21,24-25H,8-17H2,1-7H3. The number of fused-ring (bicyclic) bond motifs is 4. The van der Waals surface area contributed by atoms with E-state index in [1.807, 2.05) is 0 Å². The van der Waals surface area contributed by atoms with Crippen LogP contribution in [0.1, 0.15) is 113 Å². The second kappa shape index (κ2) is 7.98. The monoisotopic (exact) mass is 442 g/mol. The van der Waals surface area contributed by atoms with Crippen LogP contribution in [0.3, 0.4) is 0 Å². The molecule has 180 valence electrons. The summed E-state index contributed by atoms with van der Waals surface area (Å²) in [5, 5.41) is 0. The zero-order chi connectivity index (χ0) is 23.5. The maximum Gasteiger partial charge on any atom is 0.302 e. The lowest BCUT2D eigenvalue weighted by Gasteiger charge is -2.62. The first-order valence-electron chi connectivity index (χ1n) is 13.3. The molecule has 0 spiro atoms. The highest BCUT2D eigenvalue weighted by molar-refractivity contribution is 5.66. The summed E-state index contributed by atoms with van der Waals surface area (Å²) in [5.74, 6) is 1.79. The van der Waals surface area contributed by atoms with Crippen molar-refractivity contribution in [3.63, 3.8) is 0 Å². The average Bonchev–Trinajstić information content (AvgIpc) is 3.00. The Hall–Kier alpha value is -1.12. The molecule has 7 atom stereocenters. The lowest BCUT2D eigenvalue weighted by molar-refractivity contribution is -0.167. The molecule has 32 heavy (non-hydrogen) atoms. The molecule has 7 unspecified atom stereocenters. The molecule has 3 nitrogen and oxygen atoms in total. The molecule has 4 rings (SSSR count). The topological polar surface area (TPSA) is 43.4 Å². The molecule has 4 aliphatic carbocycles. The fourth-order valence-corrected chi connectivity index (χ4v) is 9.56. The van der Waals surface area contributed by atoms with Gasteiger partial charge >= 0.3 is 5.97 Å². The maximum atomic E-state index is 11.8. The number of aldehydes is 1. The van der Waals surface area contributed by atoms with Gasteiger partial charge in [-0.05, 0) is 91.8 Å². The SMILES string of the molecule is CC(=O)OC1CCC2(C)C3=C(CCC2C1(C)C)C1(C)CCC(C(C)CCC=O)C1(C)CC3. The molecule has 0 amide bonds. The zero-order valence-corrected chi connectivity index (χ0v) is 21.7. The summed E-state index contributed by atoms with van der Waals surface area (Å²) in [7, 11) is 0. The summed E-state index contributed by atoms with van der Waals surface area (Å²) in [6, 6.07) is 0. The Morgan fingerprint density at radius 1 is 1.03 bits per heavy atom. The van der Waals surface area contributed by atoms with E-state index < -0.39 is 0 Å². The minimum absolute atomic E-state index is 0.0143. The Bertz CT molecular complexity index is 809. The molecular formula is C29H46O3. The van der Waals surface area contributed by atoms with Crippen LogP contribution < -0.4 is 0 Å². The van der Waals surface area contributed by atoms with Crippen molar-refractivity contribution in [3.05, 3.63) is 11.1 Å². The average molecular weight is 443 g/mol. The van der Waals surface area contributed by atoms with Gasteiger partial charge in [0.15, 0.2) is 0 Å². The first-order valence-corrected chi connectivity index (χ1v) is 13.3. The first kappa shape index (κ1) is 24.0. The van der Waals surface area contributed by atoms with Crippen molar-refractivity contribution in [1.29, 1.82) is 0 Å². The normalized spacial score (nSPS) is 43.7. The number of carbonyl (C=O) groups excluding carboxylic acids is 2. The van der Waals surface area contributed by atoms with Gasteiger partial charge in [0.25, 0.3) is 0 Å². The quantitative estimate of drug-likeness (QED) is 0.255. The van der Waals surface area contributed by atoms with Crippen LogP contribution in [0.2, 0.25) is 0 Å². The first-order chi connectivity index (χ1) is 14.9. The maximum absolute atomic E-state index is 11.8. The summed E-state index contributed by atoms with van der Waals surface area (Å²) in [6.07, 6.45) is 12.6. The van der Waals surface area contributed by atoms with Crippen LogP contribution in [0.4, 0.5) is 0 Å². The van der Waals surface area contributed by atoms with E-state index in [1.54, 1.807) is 18.1 Å². The van der Waals surface area contributed by atoms with Gasteiger partial charge in [0, 0.05) is 18.8 Å². The summed E-state index contributed by atoms with van der Waals surface area (Å²) in [5.41, 5.74) is 4.48. The van der Waals surface area contributed by atoms with E-state index in [1.165, 1.54) is 38.5 Å². The van der Waals surface area contributed by atoms with E-state index in [0.29, 0.717) is 29.1 Å². The molecule has 0 aliphatic heterocycles. The summed E-state index contributed by atoms with van der Waals surface area (Å²) < 4.78 is 5.83. The molecule has 2 saturated carbocycles. The van der Waals surface area contributed by atoms with Crippen molar-refractivity contribution in [2.45, 2.75) is 119 Å². The van der Waals surface area contributed by atoms with Crippen LogP contribution in [0, 0.1) is 39.4 Å². The Morgan fingerprint density at radius 2 is 1.75 bits per heavy atom. The third-order valence-corrected chi connectivity index (χ3v) is 11.5. The van der Waals surface area contributed by atoms with Crippen LogP contribution in [0.25, 0.3) is 0 Å². The fourth-order valence-electron chi connectivity index (χ4n) is 9.56. The highest BCUT2D eigenvalue weighted by Crippen LogP contribution is 2.72. The fraction of sp³-hybridized carbons (Fsp3) is 0.862. The smallest absolute Gasteiger partial charge is 0.302 e. The van der Waals surface area contributed by atoms with E-state index in [4.69, 9.17) is 4.74 Å². The minimum Gasteiger partial charge on any atom is -0.462 e. The minimum atomic E-state index is -0.135. The van der Waals surface area contributed by atoms with Crippen LogP contribution in [0.15, 0.2) is 11.1 Å². The van der Waals surface area contributed by atoms with Crippen LogP contribution in [-0.4, -0.2) is 18.4 Å². The van der Waals surface area contributed by atoms with E-state index >= 15 is 0 Å². The van der Waals surface area contributed by atoms with Gasteiger partial charge in [-0.15, -0.1) is 0 Å². The second-order valence-corrected chi connectivity index (χ2v) is 13.0. The summed E-state index contributed by atoms with van der Waals surface area (Å²) in [4.78, 5) is 22.8. The molecule has 0 aromatic carbocycles. The van der Waals surface area contributed by atoms with Crippen molar-refractivity contribution in [2.24, 2.45) is 39.4 Å². The van der Waals surface area contributed by atoms with Gasteiger partial charge in [-0.25, -0.2) is 0 Å². The van der Waals surface area contributed by atoms with Gasteiger partial charge < -0.3 is 9.53 Å². The molecule has 0 saturated heterocycles. The van der Waals surface area contributed by atoms with Gasteiger partial charge in [-0.2, -0.15) is 0 Å². The van der Waals surface area contributed by atoms with E-state index in [9.17, 15) is 9.59 Å². The number of hydrogen-bond donors (Lipinski definition) is 0. The van der Waals surface area contributed by atoms with Gasteiger partial charge in [-0.3, -0.25) is 4.79 Å². The molecule has 0 N–H and O–H groups in total. The van der Waals surface area contributed by atoms with Gasteiger partial charge in [-0.1, -0.05) is 52.7 Å². The largest absolute Gasteiger partial charge is 0.462 e. The van der Waals surface area contributed by atoms with Crippen molar-refractivity contribution >= 4 is 12.3 Å². The highest BCUT2D eigenvalue weighted by atomic mass is 16.5. The van der Waals surface area contributed by atoms with Crippen LogP contribution >= 0.6 is 0 Å². The zero-order valence-electron chi connectivity index (χ0n) is 21.7. The van der Waals surface area contributed by atoms with Gasteiger partial charge in [0.05, 0.1) is 0 Å². The molecule has 0 radical (unpaired) electrons. The Kier molecular flexibility index (Phi) is 5.99. The number of ether oxygens (including phenoxy) is 1. The number of carbonyl (C=O) groups is 2. The van der Waals surface area contributed by atoms with Gasteiger partial charge in [0.2, 0.25) is 0 Å². The van der Waals surface area contributed by atoms with Crippen molar-refractivity contribution in [1.82, 2.24) is 0 Å². The van der Waals surface area contributed by atoms with Crippen LogP contribution in [-0.2, 0) is 14.3 Å². The Labute approximate surface area is 196 Å². The predicted molar refractivity (Wildman–Crippen MR) is 129 cm³/mol. The van der Waals surface area contributed by atoms with E-state index in [2.05, 4.69) is 41.5 Å². The summed E-state index contributed by atoms with van der Waals surface area (Å²) in [6.45, 7) is 16.4. The molecular weight excluding hydrogens is 396 g/mol. The lowest BCUT2D eigenvalue weighted by Crippen LogP contribution is -2.55.